The van der Waals surface area contributed by atoms with Crippen LogP contribution in [-0.4, -0.2) is 10.3 Å². The van der Waals surface area contributed by atoms with Crippen molar-refractivity contribution in [2.75, 3.05) is 0 Å². The van der Waals surface area contributed by atoms with Gasteiger partial charge in [0.2, 0.25) is 0 Å². The van der Waals surface area contributed by atoms with Crippen LogP contribution in [0.15, 0.2) is 169 Å². The minimum atomic E-state index is -0.162. The second-order valence-corrected chi connectivity index (χ2v) is 10.9. The maximum Gasteiger partial charge on any atom is 0.145 e. The van der Waals surface area contributed by atoms with E-state index in [1.165, 1.54) is 32.9 Å². The van der Waals surface area contributed by atoms with Crippen molar-refractivity contribution in [1.29, 1.82) is 0 Å². The lowest BCUT2D eigenvalue weighted by atomic mass is 9.98. The Morgan fingerprint density at radius 2 is 1.07 bits per heavy atom. The van der Waals surface area contributed by atoms with E-state index in [0.717, 1.165) is 33.8 Å². The van der Waals surface area contributed by atoms with E-state index in [2.05, 4.69) is 162 Å². The van der Waals surface area contributed by atoms with Gasteiger partial charge in [0.15, 0.2) is 0 Å². The number of allylic oxidation sites excluding steroid dienone is 1. The highest BCUT2D eigenvalue weighted by atomic mass is 15.1. The number of aromatic nitrogens is 1. The number of rotatable bonds is 5. The molecule has 3 nitrogen and oxygen atoms in total. The highest BCUT2D eigenvalue weighted by Crippen LogP contribution is 2.33. The van der Waals surface area contributed by atoms with Gasteiger partial charge in [-0.05, 0) is 58.7 Å². The molecule has 6 aromatic carbocycles. The maximum absolute atomic E-state index is 5.16. The highest BCUT2D eigenvalue weighted by molar-refractivity contribution is 6.13. The van der Waals surface area contributed by atoms with Gasteiger partial charge in [-0.1, -0.05) is 127 Å². The van der Waals surface area contributed by atoms with Crippen LogP contribution in [0.2, 0.25) is 0 Å². The number of para-hydroxylation sites is 2. The van der Waals surface area contributed by atoms with E-state index in [1.807, 2.05) is 12.1 Å². The topological polar surface area (TPSA) is 29.3 Å². The van der Waals surface area contributed by atoms with E-state index < -0.39 is 0 Å². The monoisotopic (exact) mass is 551 g/mol. The van der Waals surface area contributed by atoms with E-state index in [-0.39, 0.29) is 6.17 Å². The first-order chi connectivity index (χ1) is 21.3. The first kappa shape index (κ1) is 25.1. The second-order valence-electron chi connectivity index (χ2n) is 10.9. The molecule has 0 saturated heterocycles. The fourth-order valence-electron chi connectivity index (χ4n) is 6.13. The van der Waals surface area contributed by atoms with Crippen molar-refractivity contribution >= 4 is 33.2 Å². The molecule has 1 aliphatic rings. The van der Waals surface area contributed by atoms with E-state index in [0.29, 0.717) is 0 Å². The lowest BCUT2D eigenvalue weighted by Crippen LogP contribution is -2.24. The van der Waals surface area contributed by atoms with Crippen molar-refractivity contribution in [3.05, 3.63) is 180 Å². The Bertz CT molecular complexity index is 2080. The first-order valence-electron chi connectivity index (χ1n) is 14.7. The summed E-state index contributed by atoms with van der Waals surface area (Å²) in [5.41, 5.74) is 11.3. The summed E-state index contributed by atoms with van der Waals surface area (Å²) >= 11 is 0. The SMILES string of the molecule is C1=C(c2ccccc2)NC(c2ccccc2)N=C1c1cccc(-c2ccc(-n3c4ccccc4c4ccccc43)cc2)c1. The number of aliphatic imine (C=N–C) groups is 1. The zero-order chi connectivity index (χ0) is 28.6. The number of hydrogen-bond acceptors (Lipinski definition) is 2. The van der Waals surface area contributed by atoms with Crippen molar-refractivity contribution in [2.45, 2.75) is 6.17 Å². The van der Waals surface area contributed by atoms with Gasteiger partial charge < -0.3 is 9.88 Å². The molecule has 7 aromatic rings. The lowest BCUT2D eigenvalue weighted by Gasteiger charge is -2.25. The van der Waals surface area contributed by atoms with Crippen LogP contribution in [0.3, 0.4) is 0 Å². The van der Waals surface area contributed by atoms with Gasteiger partial charge in [-0.2, -0.15) is 0 Å². The Labute approximate surface area is 251 Å². The summed E-state index contributed by atoms with van der Waals surface area (Å²) in [4.78, 5) is 5.16. The molecule has 0 aliphatic carbocycles. The molecule has 1 unspecified atom stereocenters. The molecule has 0 spiro atoms. The number of fused-ring (bicyclic) bond motifs is 3. The molecular formula is C40H29N3. The maximum atomic E-state index is 5.16. The van der Waals surface area contributed by atoms with Crippen molar-refractivity contribution in [1.82, 2.24) is 9.88 Å². The van der Waals surface area contributed by atoms with Gasteiger partial charge in [0, 0.05) is 27.7 Å². The third-order valence-corrected chi connectivity index (χ3v) is 8.24. The fraction of sp³-hybridized carbons (Fsp3) is 0.0250. The summed E-state index contributed by atoms with van der Waals surface area (Å²) in [5, 5.41) is 6.19. The van der Waals surface area contributed by atoms with Gasteiger partial charge in [0.05, 0.1) is 16.7 Å². The van der Waals surface area contributed by atoms with Gasteiger partial charge >= 0.3 is 0 Å². The van der Waals surface area contributed by atoms with E-state index in [4.69, 9.17) is 4.99 Å². The van der Waals surface area contributed by atoms with Crippen molar-refractivity contribution in [3.63, 3.8) is 0 Å². The van der Waals surface area contributed by atoms with Gasteiger partial charge in [0.25, 0.3) is 0 Å². The summed E-state index contributed by atoms with van der Waals surface area (Å²) < 4.78 is 2.36. The second kappa shape index (κ2) is 10.6. The van der Waals surface area contributed by atoms with Gasteiger partial charge in [0.1, 0.15) is 6.17 Å². The predicted molar refractivity (Wildman–Crippen MR) is 179 cm³/mol. The standard InChI is InChI=1S/C40H29N3/c1-3-12-29(13-4-1)36-27-37(42-40(41-36)30-14-5-2-6-15-30)32-17-11-16-31(26-32)28-22-24-33(25-23-28)43-38-20-9-7-18-34(38)35-19-8-10-21-39(35)43/h1-27,40-41H. The zero-order valence-electron chi connectivity index (χ0n) is 23.6. The molecule has 1 aromatic heterocycles. The molecule has 43 heavy (non-hydrogen) atoms. The van der Waals surface area contributed by atoms with Crippen LogP contribution in [0, 0.1) is 0 Å². The minimum Gasteiger partial charge on any atom is -0.360 e. The molecule has 204 valence electrons. The molecular weight excluding hydrogens is 522 g/mol. The molecule has 1 N–H and O–H groups in total. The largest absolute Gasteiger partial charge is 0.360 e. The summed E-state index contributed by atoms with van der Waals surface area (Å²) in [6.07, 6.45) is 2.00. The van der Waals surface area contributed by atoms with Crippen LogP contribution in [0.1, 0.15) is 22.9 Å². The summed E-state index contributed by atoms with van der Waals surface area (Å²) in [5.74, 6) is 0. The first-order valence-corrected chi connectivity index (χ1v) is 14.7. The third-order valence-electron chi connectivity index (χ3n) is 8.24. The van der Waals surface area contributed by atoms with Crippen LogP contribution in [0.5, 0.6) is 0 Å². The quantitative estimate of drug-likeness (QED) is 0.227. The fourth-order valence-corrected chi connectivity index (χ4v) is 6.13. The molecule has 3 heteroatoms. The molecule has 8 rings (SSSR count). The van der Waals surface area contributed by atoms with E-state index >= 15 is 0 Å². The highest BCUT2D eigenvalue weighted by Gasteiger charge is 2.19. The van der Waals surface area contributed by atoms with Gasteiger partial charge in [-0.15, -0.1) is 0 Å². The van der Waals surface area contributed by atoms with Crippen molar-refractivity contribution < 1.29 is 0 Å². The molecule has 0 bridgehead atoms. The Kier molecular flexibility index (Phi) is 6.20. The van der Waals surface area contributed by atoms with Gasteiger partial charge in [-0.3, -0.25) is 4.99 Å². The number of nitrogens with zero attached hydrogens (tertiary/aromatic N) is 2. The van der Waals surface area contributed by atoms with Crippen LogP contribution < -0.4 is 5.32 Å². The van der Waals surface area contributed by atoms with Crippen LogP contribution in [-0.2, 0) is 0 Å². The van der Waals surface area contributed by atoms with E-state index in [9.17, 15) is 0 Å². The lowest BCUT2D eigenvalue weighted by molar-refractivity contribution is 0.664. The van der Waals surface area contributed by atoms with Crippen molar-refractivity contribution in [3.8, 4) is 16.8 Å². The smallest absolute Gasteiger partial charge is 0.145 e. The molecule has 2 heterocycles. The van der Waals surface area contributed by atoms with Crippen LogP contribution in [0.4, 0.5) is 0 Å². The average molecular weight is 552 g/mol. The van der Waals surface area contributed by atoms with Crippen molar-refractivity contribution in [2.24, 2.45) is 4.99 Å². The Hall–Kier alpha value is -5.67. The Morgan fingerprint density at radius 1 is 0.488 bits per heavy atom. The normalized spacial score (nSPS) is 14.7. The van der Waals surface area contributed by atoms with Crippen LogP contribution in [0.25, 0.3) is 44.3 Å². The minimum absolute atomic E-state index is 0.162. The number of nitrogens with one attached hydrogen (secondary N) is 1. The molecule has 0 amide bonds. The summed E-state index contributed by atoms with van der Waals surface area (Å²) in [6.45, 7) is 0. The summed E-state index contributed by atoms with van der Waals surface area (Å²) in [7, 11) is 0. The summed E-state index contributed by atoms with van der Waals surface area (Å²) in [6, 6.07) is 55.8. The number of hydrogen-bond donors (Lipinski definition) is 1. The molecule has 1 aliphatic heterocycles. The van der Waals surface area contributed by atoms with E-state index in [1.54, 1.807) is 0 Å². The molecule has 0 saturated carbocycles. The third kappa shape index (κ3) is 4.61. The van der Waals surface area contributed by atoms with Crippen LogP contribution >= 0.6 is 0 Å². The Balaban J connectivity index is 1.17. The Morgan fingerprint density at radius 3 is 1.77 bits per heavy atom. The number of benzene rings is 6. The molecule has 1 atom stereocenters. The van der Waals surface area contributed by atoms with Gasteiger partial charge in [-0.25, -0.2) is 0 Å². The molecule has 0 fully saturated rings. The zero-order valence-corrected chi connectivity index (χ0v) is 23.6. The molecule has 0 radical (unpaired) electrons. The average Bonchev–Trinajstić information content (AvgIpc) is 3.43. The predicted octanol–water partition coefficient (Wildman–Crippen LogP) is 9.58.